The quantitative estimate of drug-likeness (QED) is 0.479. The molecule has 5 rings (SSSR count). The van der Waals surface area contributed by atoms with Crippen LogP contribution in [0.1, 0.15) is 54.1 Å². The fourth-order valence-corrected chi connectivity index (χ4v) is 4.27. The molecule has 1 aromatic carbocycles. The van der Waals surface area contributed by atoms with Gasteiger partial charge in [-0.2, -0.15) is 0 Å². The van der Waals surface area contributed by atoms with E-state index in [2.05, 4.69) is 19.9 Å². The van der Waals surface area contributed by atoms with Crippen LogP contribution in [0.25, 0.3) is 22.6 Å². The molecule has 3 heterocycles. The van der Waals surface area contributed by atoms with Crippen molar-refractivity contribution in [1.29, 1.82) is 0 Å². The Bertz CT molecular complexity index is 1230. The van der Waals surface area contributed by atoms with Crippen molar-refractivity contribution in [3.8, 4) is 11.4 Å². The van der Waals surface area contributed by atoms with Crippen LogP contribution in [0.5, 0.6) is 0 Å². The van der Waals surface area contributed by atoms with E-state index in [1.165, 1.54) is 19.3 Å². The predicted molar refractivity (Wildman–Crippen MR) is 123 cm³/mol. The van der Waals surface area contributed by atoms with Gasteiger partial charge >= 0.3 is 0 Å². The fraction of sp³-hybridized carbons (Fsp3) is 0.292. The minimum Gasteiger partial charge on any atom is -0.366 e. The lowest BCUT2D eigenvalue weighted by Crippen LogP contribution is -2.13. The first-order valence-corrected chi connectivity index (χ1v) is 11.0. The standard InChI is InChI=1S/C24H25N7O/c25-21(32)17-8-10-18(11-9-17)22-29-23(27-14-16-5-4-12-26-13-16)20-24(30-22)31(15-28-20)19-6-2-1-3-7-19/h4-5,8-13,15,19H,1-3,6-7,14H2,(H2,25,32)(H,27,29,30). The second-order valence-corrected chi connectivity index (χ2v) is 8.17. The molecule has 8 nitrogen and oxygen atoms in total. The third-order valence-corrected chi connectivity index (χ3v) is 6.00. The summed E-state index contributed by atoms with van der Waals surface area (Å²) >= 11 is 0. The summed E-state index contributed by atoms with van der Waals surface area (Å²) < 4.78 is 2.20. The Morgan fingerprint density at radius 1 is 1.09 bits per heavy atom. The smallest absolute Gasteiger partial charge is 0.248 e. The maximum Gasteiger partial charge on any atom is 0.248 e. The molecule has 1 fully saturated rings. The number of rotatable bonds is 6. The van der Waals surface area contributed by atoms with E-state index in [9.17, 15) is 4.79 Å². The molecule has 0 bridgehead atoms. The highest BCUT2D eigenvalue weighted by molar-refractivity contribution is 5.93. The van der Waals surface area contributed by atoms with Crippen molar-refractivity contribution < 1.29 is 4.79 Å². The molecule has 0 atom stereocenters. The largest absolute Gasteiger partial charge is 0.366 e. The molecule has 3 N–H and O–H groups in total. The van der Waals surface area contributed by atoms with E-state index < -0.39 is 5.91 Å². The van der Waals surface area contributed by atoms with Crippen LogP contribution in [0.2, 0.25) is 0 Å². The number of anilines is 1. The highest BCUT2D eigenvalue weighted by Gasteiger charge is 2.21. The van der Waals surface area contributed by atoms with Crippen molar-refractivity contribution in [2.75, 3.05) is 5.32 Å². The number of carbonyl (C=O) groups excluding carboxylic acids is 1. The number of amides is 1. The van der Waals surface area contributed by atoms with E-state index in [0.29, 0.717) is 29.8 Å². The summed E-state index contributed by atoms with van der Waals surface area (Å²) in [6.45, 7) is 0.580. The molecule has 0 spiro atoms. The van der Waals surface area contributed by atoms with Gasteiger partial charge in [0, 0.05) is 36.1 Å². The Labute approximate surface area is 185 Å². The number of carbonyl (C=O) groups is 1. The van der Waals surface area contributed by atoms with Gasteiger partial charge in [-0.25, -0.2) is 15.0 Å². The summed E-state index contributed by atoms with van der Waals surface area (Å²) in [5, 5.41) is 3.42. The Morgan fingerprint density at radius 2 is 1.91 bits per heavy atom. The minimum absolute atomic E-state index is 0.403. The molecule has 0 unspecified atom stereocenters. The van der Waals surface area contributed by atoms with E-state index in [1.54, 1.807) is 18.3 Å². The molecular formula is C24H25N7O. The lowest BCUT2D eigenvalue weighted by molar-refractivity contribution is 0.100. The first-order valence-electron chi connectivity index (χ1n) is 11.0. The van der Waals surface area contributed by atoms with Crippen molar-refractivity contribution in [2.45, 2.75) is 44.7 Å². The fourth-order valence-electron chi connectivity index (χ4n) is 4.27. The molecule has 0 radical (unpaired) electrons. The van der Waals surface area contributed by atoms with E-state index in [0.717, 1.165) is 35.1 Å². The summed E-state index contributed by atoms with van der Waals surface area (Å²) in [4.78, 5) is 30.0. The summed E-state index contributed by atoms with van der Waals surface area (Å²) in [6.07, 6.45) is 11.5. The van der Waals surface area contributed by atoms with Gasteiger partial charge in [0.1, 0.15) is 5.52 Å². The molecule has 3 aromatic heterocycles. The zero-order valence-corrected chi connectivity index (χ0v) is 17.7. The number of aromatic nitrogens is 5. The third-order valence-electron chi connectivity index (χ3n) is 6.00. The predicted octanol–water partition coefficient (Wildman–Crippen LogP) is 4.10. The third kappa shape index (κ3) is 4.03. The van der Waals surface area contributed by atoms with E-state index in [-0.39, 0.29) is 0 Å². The van der Waals surface area contributed by atoms with Gasteiger partial charge in [-0.05, 0) is 36.6 Å². The van der Waals surface area contributed by atoms with Gasteiger partial charge < -0.3 is 15.6 Å². The maximum absolute atomic E-state index is 11.4. The van der Waals surface area contributed by atoms with Crippen LogP contribution in [0.15, 0.2) is 55.1 Å². The molecule has 8 heteroatoms. The topological polar surface area (TPSA) is 112 Å². The van der Waals surface area contributed by atoms with Gasteiger partial charge in [0.15, 0.2) is 17.3 Å². The van der Waals surface area contributed by atoms with Crippen LogP contribution in [0, 0.1) is 0 Å². The minimum atomic E-state index is -0.456. The summed E-state index contributed by atoms with van der Waals surface area (Å²) in [5.41, 5.74) is 9.30. The first-order chi connectivity index (χ1) is 15.7. The van der Waals surface area contributed by atoms with Gasteiger partial charge in [-0.3, -0.25) is 9.78 Å². The Hall–Kier alpha value is -3.81. The highest BCUT2D eigenvalue weighted by atomic mass is 16.1. The number of imidazole rings is 1. The van der Waals surface area contributed by atoms with Crippen LogP contribution >= 0.6 is 0 Å². The molecule has 1 aliphatic rings. The average Bonchev–Trinajstić information content (AvgIpc) is 3.28. The van der Waals surface area contributed by atoms with Crippen molar-refractivity contribution in [3.63, 3.8) is 0 Å². The number of nitrogens with zero attached hydrogens (tertiary/aromatic N) is 5. The number of fused-ring (bicyclic) bond motifs is 1. The molecule has 1 amide bonds. The number of nitrogens with one attached hydrogen (secondary N) is 1. The zero-order chi connectivity index (χ0) is 21.9. The lowest BCUT2D eigenvalue weighted by atomic mass is 9.95. The van der Waals surface area contributed by atoms with Gasteiger partial charge in [-0.15, -0.1) is 0 Å². The number of primary amides is 1. The Kier molecular flexibility index (Phi) is 5.49. The number of benzene rings is 1. The highest BCUT2D eigenvalue weighted by Crippen LogP contribution is 2.32. The second kappa shape index (κ2) is 8.74. The molecule has 1 aliphatic carbocycles. The summed E-state index contributed by atoms with van der Waals surface area (Å²) in [7, 11) is 0. The SMILES string of the molecule is NC(=O)c1ccc(-c2nc(NCc3cccnc3)c3ncn(C4CCCCC4)c3n2)cc1. The van der Waals surface area contributed by atoms with Crippen LogP contribution in [0.4, 0.5) is 5.82 Å². The number of pyridine rings is 1. The van der Waals surface area contributed by atoms with E-state index in [4.69, 9.17) is 15.7 Å². The Morgan fingerprint density at radius 3 is 2.62 bits per heavy atom. The monoisotopic (exact) mass is 427 g/mol. The van der Waals surface area contributed by atoms with Gasteiger partial charge in [0.05, 0.1) is 6.33 Å². The first kappa shape index (κ1) is 20.1. The Balaban J connectivity index is 1.56. The lowest BCUT2D eigenvalue weighted by Gasteiger charge is -2.23. The zero-order valence-electron chi connectivity index (χ0n) is 17.7. The maximum atomic E-state index is 11.4. The van der Waals surface area contributed by atoms with Gasteiger partial charge in [-0.1, -0.05) is 37.5 Å². The van der Waals surface area contributed by atoms with E-state index in [1.807, 2.05) is 36.8 Å². The van der Waals surface area contributed by atoms with Crippen molar-refractivity contribution in [3.05, 3.63) is 66.2 Å². The molecule has 32 heavy (non-hydrogen) atoms. The van der Waals surface area contributed by atoms with Gasteiger partial charge in [0.2, 0.25) is 5.91 Å². The van der Waals surface area contributed by atoms with Crippen LogP contribution < -0.4 is 11.1 Å². The van der Waals surface area contributed by atoms with Crippen LogP contribution in [-0.2, 0) is 6.54 Å². The van der Waals surface area contributed by atoms with E-state index >= 15 is 0 Å². The molecular weight excluding hydrogens is 402 g/mol. The summed E-state index contributed by atoms with van der Waals surface area (Å²) in [5.74, 6) is 0.810. The molecule has 162 valence electrons. The molecule has 1 saturated carbocycles. The molecule has 0 saturated heterocycles. The van der Waals surface area contributed by atoms with Crippen molar-refractivity contribution >= 4 is 22.9 Å². The van der Waals surface area contributed by atoms with Crippen molar-refractivity contribution in [2.24, 2.45) is 5.73 Å². The second-order valence-electron chi connectivity index (χ2n) is 8.17. The molecule has 0 aliphatic heterocycles. The van der Waals surface area contributed by atoms with Crippen molar-refractivity contribution in [1.82, 2.24) is 24.5 Å². The number of nitrogens with two attached hydrogens (primary N) is 1. The van der Waals surface area contributed by atoms with Gasteiger partial charge in [0.25, 0.3) is 0 Å². The average molecular weight is 428 g/mol. The normalized spacial score (nSPS) is 14.5. The molecule has 4 aromatic rings. The van der Waals surface area contributed by atoms with Crippen LogP contribution in [-0.4, -0.2) is 30.4 Å². The number of hydrogen-bond acceptors (Lipinski definition) is 6. The van der Waals surface area contributed by atoms with Crippen LogP contribution in [0.3, 0.4) is 0 Å². The summed E-state index contributed by atoms with van der Waals surface area (Å²) in [6, 6.07) is 11.4. The number of hydrogen-bond donors (Lipinski definition) is 2.